The van der Waals surface area contributed by atoms with E-state index >= 15 is 0 Å². The van der Waals surface area contributed by atoms with Crippen molar-refractivity contribution in [2.45, 2.75) is 31.8 Å². The van der Waals surface area contributed by atoms with Gasteiger partial charge in [0.05, 0.1) is 48.0 Å². The van der Waals surface area contributed by atoms with Gasteiger partial charge in [-0.2, -0.15) is 5.26 Å². The average Bonchev–Trinajstić information content (AvgIpc) is 3.14. The summed E-state index contributed by atoms with van der Waals surface area (Å²) >= 11 is 0. The number of piperidine rings is 1. The quantitative estimate of drug-likeness (QED) is 0.733. The monoisotopic (exact) mass is 374 g/mol. The lowest BCUT2D eigenvalue weighted by molar-refractivity contribution is 0.135. The Morgan fingerprint density at radius 2 is 2.07 bits per heavy atom. The molecule has 3 aromatic rings. The minimum Gasteiger partial charge on any atom is -0.340 e. The highest BCUT2D eigenvalue weighted by Crippen LogP contribution is 2.30. The Labute approximate surface area is 163 Å². The third-order valence-corrected chi connectivity index (χ3v) is 4.90. The smallest absolute Gasteiger partial charge is 0.148 e. The first-order chi connectivity index (χ1) is 13.7. The van der Waals surface area contributed by atoms with Crippen LogP contribution in [-0.2, 0) is 13.6 Å². The van der Waals surface area contributed by atoms with Crippen LogP contribution in [0.5, 0.6) is 0 Å². The van der Waals surface area contributed by atoms with Crippen LogP contribution in [-0.4, -0.2) is 35.9 Å². The summed E-state index contributed by atoms with van der Waals surface area (Å²) in [6, 6.07) is 5.74. The maximum absolute atomic E-state index is 8.82. The SMILES string of the molecule is Cn1cnc(CN2CCCC[C@@H]2c2cnc(Nc3ccc(C#N)nc3)cn2)c1. The molecular formula is C20H22N8. The fraction of sp³-hybridized carbons (Fsp3) is 0.350. The summed E-state index contributed by atoms with van der Waals surface area (Å²) in [4.78, 5) is 20.1. The minimum absolute atomic E-state index is 0.258. The van der Waals surface area contributed by atoms with Gasteiger partial charge in [0.2, 0.25) is 0 Å². The van der Waals surface area contributed by atoms with E-state index in [-0.39, 0.29) is 6.04 Å². The number of hydrogen-bond donors (Lipinski definition) is 1. The number of aryl methyl sites for hydroxylation is 1. The van der Waals surface area contributed by atoms with Gasteiger partial charge in [-0.3, -0.25) is 9.88 Å². The van der Waals surface area contributed by atoms with Crippen LogP contribution >= 0.6 is 0 Å². The lowest BCUT2D eigenvalue weighted by atomic mass is 9.99. The molecule has 8 nitrogen and oxygen atoms in total. The standard InChI is InChI=1S/C20H22N8/c1-27-12-17(25-14-27)13-28-7-3-2-4-19(28)18-10-24-20(11-23-18)26-16-6-5-15(8-21)22-9-16/h5-6,9-12,14,19H,2-4,7,13H2,1H3,(H,24,26)/t19-/m1/s1. The maximum Gasteiger partial charge on any atom is 0.148 e. The Kier molecular flexibility index (Phi) is 5.26. The number of anilines is 2. The number of pyridine rings is 1. The maximum atomic E-state index is 8.82. The Morgan fingerprint density at radius 3 is 2.75 bits per heavy atom. The van der Waals surface area contributed by atoms with E-state index in [2.05, 4.69) is 36.3 Å². The largest absolute Gasteiger partial charge is 0.340 e. The third kappa shape index (κ3) is 4.15. The molecule has 4 heterocycles. The van der Waals surface area contributed by atoms with Crippen LogP contribution in [0.15, 0.2) is 43.2 Å². The molecule has 8 heteroatoms. The molecule has 0 amide bonds. The summed E-state index contributed by atoms with van der Waals surface area (Å²) in [5, 5.41) is 12.0. The zero-order valence-electron chi connectivity index (χ0n) is 15.8. The lowest BCUT2D eigenvalue weighted by Crippen LogP contribution is -2.33. The third-order valence-electron chi connectivity index (χ3n) is 4.90. The fourth-order valence-corrected chi connectivity index (χ4v) is 3.53. The van der Waals surface area contributed by atoms with Gasteiger partial charge < -0.3 is 9.88 Å². The number of rotatable bonds is 5. The summed E-state index contributed by atoms with van der Waals surface area (Å²) in [6.07, 6.45) is 12.6. The average molecular weight is 374 g/mol. The van der Waals surface area contributed by atoms with Gasteiger partial charge in [-0.25, -0.2) is 15.0 Å². The second-order valence-electron chi connectivity index (χ2n) is 7.01. The van der Waals surface area contributed by atoms with Crippen molar-refractivity contribution in [2.75, 3.05) is 11.9 Å². The highest BCUT2D eigenvalue weighted by Gasteiger charge is 2.26. The fourth-order valence-electron chi connectivity index (χ4n) is 3.53. The molecule has 1 N–H and O–H groups in total. The molecule has 1 aliphatic heterocycles. The molecule has 28 heavy (non-hydrogen) atoms. The Hall–Kier alpha value is -3.31. The summed E-state index contributed by atoms with van der Waals surface area (Å²) in [6.45, 7) is 1.87. The van der Waals surface area contributed by atoms with Gasteiger partial charge in [-0.05, 0) is 31.5 Å². The second kappa shape index (κ2) is 8.15. The Morgan fingerprint density at radius 1 is 1.14 bits per heavy atom. The van der Waals surface area contributed by atoms with E-state index in [1.807, 2.05) is 30.2 Å². The first-order valence-electron chi connectivity index (χ1n) is 9.37. The zero-order valence-corrected chi connectivity index (χ0v) is 15.8. The van der Waals surface area contributed by atoms with E-state index in [9.17, 15) is 0 Å². The van der Waals surface area contributed by atoms with Gasteiger partial charge in [-0.15, -0.1) is 0 Å². The van der Waals surface area contributed by atoms with Crippen molar-refractivity contribution in [1.82, 2.24) is 29.4 Å². The molecule has 1 fully saturated rings. The van der Waals surface area contributed by atoms with Gasteiger partial charge in [0.25, 0.3) is 0 Å². The number of hydrogen-bond acceptors (Lipinski definition) is 7. The number of nitrogens with one attached hydrogen (secondary N) is 1. The van der Waals surface area contributed by atoms with Crippen LogP contribution in [0.1, 0.15) is 42.4 Å². The Balaban J connectivity index is 1.45. The number of nitrogens with zero attached hydrogens (tertiary/aromatic N) is 7. The molecule has 4 rings (SSSR count). The first-order valence-corrected chi connectivity index (χ1v) is 9.37. The van der Waals surface area contributed by atoms with Gasteiger partial charge in [0.15, 0.2) is 0 Å². The molecule has 3 aromatic heterocycles. The first kappa shape index (κ1) is 18.1. The summed E-state index contributed by atoms with van der Waals surface area (Å²) in [7, 11) is 1.99. The molecule has 142 valence electrons. The summed E-state index contributed by atoms with van der Waals surface area (Å²) in [5.41, 5.74) is 3.22. The van der Waals surface area contributed by atoms with E-state index < -0.39 is 0 Å². The van der Waals surface area contributed by atoms with Crippen LogP contribution in [0.2, 0.25) is 0 Å². The molecule has 0 saturated carbocycles. The molecular weight excluding hydrogens is 352 g/mol. The van der Waals surface area contributed by atoms with E-state index in [0.29, 0.717) is 11.5 Å². The number of aromatic nitrogens is 5. The van der Waals surface area contributed by atoms with Gasteiger partial charge in [0.1, 0.15) is 17.6 Å². The lowest BCUT2D eigenvalue weighted by Gasteiger charge is -2.34. The highest BCUT2D eigenvalue weighted by atomic mass is 15.2. The number of nitriles is 1. The van der Waals surface area contributed by atoms with Crippen molar-refractivity contribution < 1.29 is 0 Å². The van der Waals surface area contributed by atoms with Crippen molar-refractivity contribution in [3.8, 4) is 6.07 Å². The van der Waals surface area contributed by atoms with Crippen LogP contribution < -0.4 is 5.32 Å². The van der Waals surface area contributed by atoms with Crippen molar-refractivity contribution in [2.24, 2.45) is 7.05 Å². The van der Waals surface area contributed by atoms with Gasteiger partial charge in [0, 0.05) is 19.8 Å². The van der Waals surface area contributed by atoms with E-state index in [1.165, 1.54) is 12.8 Å². The van der Waals surface area contributed by atoms with Gasteiger partial charge >= 0.3 is 0 Å². The highest BCUT2D eigenvalue weighted by molar-refractivity contribution is 5.54. The van der Waals surface area contributed by atoms with Crippen molar-refractivity contribution in [1.29, 1.82) is 5.26 Å². The Bertz CT molecular complexity index is 955. The van der Waals surface area contributed by atoms with Crippen LogP contribution in [0.4, 0.5) is 11.5 Å². The molecule has 0 aliphatic carbocycles. The van der Waals surface area contributed by atoms with Crippen LogP contribution in [0.3, 0.4) is 0 Å². The predicted molar refractivity (Wildman–Crippen MR) is 104 cm³/mol. The molecule has 1 saturated heterocycles. The zero-order chi connectivity index (χ0) is 19.3. The predicted octanol–water partition coefficient (Wildman–Crippen LogP) is 2.95. The number of likely N-dealkylation sites (tertiary alicyclic amines) is 1. The van der Waals surface area contributed by atoms with E-state index in [0.717, 1.165) is 36.6 Å². The van der Waals surface area contributed by atoms with Crippen LogP contribution in [0.25, 0.3) is 0 Å². The molecule has 0 radical (unpaired) electrons. The van der Waals surface area contributed by atoms with Crippen molar-refractivity contribution in [3.05, 3.63) is 60.3 Å². The molecule has 0 unspecified atom stereocenters. The van der Waals surface area contributed by atoms with E-state index in [4.69, 9.17) is 5.26 Å². The molecule has 1 aliphatic rings. The topological polar surface area (TPSA) is 95.6 Å². The summed E-state index contributed by atoms with van der Waals surface area (Å²) in [5.74, 6) is 0.655. The molecule has 0 spiro atoms. The van der Waals surface area contributed by atoms with Gasteiger partial charge in [-0.1, -0.05) is 6.42 Å². The molecule has 0 aromatic carbocycles. The van der Waals surface area contributed by atoms with Crippen molar-refractivity contribution in [3.63, 3.8) is 0 Å². The van der Waals surface area contributed by atoms with Crippen LogP contribution in [0, 0.1) is 11.3 Å². The normalized spacial score (nSPS) is 17.2. The summed E-state index contributed by atoms with van der Waals surface area (Å²) < 4.78 is 1.98. The number of imidazole rings is 1. The van der Waals surface area contributed by atoms with Crippen molar-refractivity contribution >= 4 is 11.5 Å². The molecule has 0 bridgehead atoms. The minimum atomic E-state index is 0.258. The molecule has 1 atom stereocenters. The van der Waals surface area contributed by atoms with E-state index in [1.54, 1.807) is 24.5 Å². The second-order valence-corrected chi connectivity index (χ2v) is 7.01.